The molecule has 0 saturated carbocycles. The van der Waals surface area contributed by atoms with E-state index in [0.29, 0.717) is 35.6 Å². The number of pyridine rings is 1. The monoisotopic (exact) mass is 293 g/mol. The first-order valence-electron chi connectivity index (χ1n) is 6.57. The van der Waals surface area contributed by atoms with Crippen molar-refractivity contribution >= 4 is 21.8 Å². The van der Waals surface area contributed by atoms with E-state index in [-0.39, 0.29) is 11.7 Å². The summed E-state index contributed by atoms with van der Waals surface area (Å²) in [6.45, 7) is 0. The Labute approximate surface area is 116 Å². The highest BCUT2D eigenvalue weighted by molar-refractivity contribution is 7.91. The molecule has 1 atom stereocenters. The molecule has 1 fully saturated rings. The standard InChI is InChI=1S/C13H15N3O3S/c17-8-11-4-1-5-16-12(14-15-13(11)16)7-10-3-2-6-20(18,19)9-10/h1,4-5,8,10H,2-3,6-7,9H2. The molecule has 106 valence electrons. The molecule has 3 rings (SSSR count). The maximum atomic E-state index is 11.7. The number of aromatic nitrogens is 3. The molecule has 0 aliphatic carbocycles. The van der Waals surface area contributed by atoms with E-state index in [1.54, 1.807) is 22.7 Å². The molecule has 2 aromatic heterocycles. The fourth-order valence-electron chi connectivity index (χ4n) is 2.75. The molecule has 6 nitrogen and oxygen atoms in total. The van der Waals surface area contributed by atoms with Gasteiger partial charge in [0.2, 0.25) is 0 Å². The molecule has 2 aromatic rings. The van der Waals surface area contributed by atoms with Gasteiger partial charge in [-0.2, -0.15) is 0 Å². The van der Waals surface area contributed by atoms with E-state index in [2.05, 4.69) is 10.2 Å². The Kier molecular flexibility index (Phi) is 3.29. The van der Waals surface area contributed by atoms with Gasteiger partial charge in [0.1, 0.15) is 5.82 Å². The van der Waals surface area contributed by atoms with Crippen LogP contribution in [0.5, 0.6) is 0 Å². The minimum absolute atomic E-state index is 0.0843. The Morgan fingerprint density at radius 2 is 2.25 bits per heavy atom. The Bertz CT molecular complexity index is 751. The van der Waals surface area contributed by atoms with Gasteiger partial charge in [0.25, 0.3) is 0 Å². The van der Waals surface area contributed by atoms with Crippen molar-refractivity contribution in [2.45, 2.75) is 19.3 Å². The third kappa shape index (κ3) is 2.45. The number of hydrogen-bond acceptors (Lipinski definition) is 5. The van der Waals surface area contributed by atoms with Gasteiger partial charge in [0, 0.05) is 12.6 Å². The minimum atomic E-state index is -2.91. The van der Waals surface area contributed by atoms with E-state index in [9.17, 15) is 13.2 Å². The summed E-state index contributed by atoms with van der Waals surface area (Å²) in [6.07, 6.45) is 4.72. The lowest BCUT2D eigenvalue weighted by Gasteiger charge is -2.20. The first-order valence-corrected chi connectivity index (χ1v) is 8.39. The molecule has 0 N–H and O–H groups in total. The fraction of sp³-hybridized carbons (Fsp3) is 0.462. The van der Waals surface area contributed by atoms with Gasteiger partial charge in [-0.05, 0) is 30.9 Å². The lowest BCUT2D eigenvalue weighted by Crippen LogP contribution is -2.27. The van der Waals surface area contributed by atoms with Crippen molar-refractivity contribution in [3.63, 3.8) is 0 Å². The molecule has 0 aromatic carbocycles. The predicted molar refractivity (Wildman–Crippen MR) is 73.5 cm³/mol. The van der Waals surface area contributed by atoms with Crippen LogP contribution in [0, 0.1) is 5.92 Å². The van der Waals surface area contributed by atoms with E-state index >= 15 is 0 Å². The van der Waals surface area contributed by atoms with Crippen LogP contribution in [0.15, 0.2) is 18.3 Å². The first kappa shape index (κ1) is 13.2. The summed E-state index contributed by atoms with van der Waals surface area (Å²) in [4.78, 5) is 10.9. The van der Waals surface area contributed by atoms with Crippen LogP contribution in [0.2, 0.25) is 0 Å². The summed E-state index contributed by atoms with van der Waals surface area (Å²) in [5.74, 6) is 1.31. The minimum Gasteiger partial charge on any atom is -0.298 e. The SMILES string of the molecule is O=Cc1cccn2c(CC3CCCS(=O)(=O)C3)nnc12. The van der Waals surface area contributed by atoms with Gasteiger partial charge < -0.3 is 0 Å². The van der Waals surface area contributed by atoms with Crippen LogP contribution in [-0.2, 0) is 16.3 Å². The molecule has 1 aliphatic heterocycles. The predicted octanol–water partition coefficient (Wildman–Crippen LogP) is 0.909. The third-order valence-corrected chi connectivity index (χ3v) is 5.58. The third-order valence-electron chi connectivity index (χ3n) is 3.69. The second-order valence-corrected chi connectivity index (χ2v) is 7.45. The summed E-state index contributed by atoms with van der Waals surface area (Å²) >= 11 is 0. The van der Waals surface area contributed by atoms with E-state index in [1.165, 1.54) is 0 Å². The quantitative estimate of drug-likeness (QED) is 0.786. The summed E-state index contributed by atoms with van der Waals surface area (Å²) in [7, 11) is -2.91. The van der Waals surface area contributed by atoms with Crippen LogP contribution in [0.3, 0.4) is 0 Å². The highest BCUT2D eigenvalue weighted by Gasteiger charge is 2.26. The molecule has 0 amide bonds. The van der Waals surface area contributed by atoms with Crippen molar-refractivity contribution < 1.29 is 13.2 Å². The second-order valence-electron chi connectivity index (χ2n) is 5.22. The molecular weight excluding hydrogens is 278 g/mol. The average molecular weight is 293 g/mol. The normalized spacial score (nSPS) is 21.9. The number of carbonyl (C=O) groups excluding carboxylic acids is 1. The Morgan fingerprint density at radius 1 is 1.40 bits per heavy atom. The number of fused-ring (bicyclic) bond motifs is 1. The molecule has 1 aliphatic rings. The summed E-state index contributed by atoms with van der Waals surface area (Å²) < 4.78 is 25.1. The Morgan fingerprint density at radius 3 is 3.00 bits per heavy atom. The van der Waals surface area contributed by atoms with Crippen LogP contribution in [0.4, 0.5) is 0 Å². The summed E-state index contributed by atoms with van der Waals surface area (Å²) in [5, 5.41) is 8.13. The highest BCUT2D eigenvalue weighted by Crippen LogP contribution is 2.22. The maximum Gasteiger partial charge on any atom is 0.171 e. The number of sulfone groups is 1. The summed E-state index contributed by atoms with van der Waals surface area (Å²) in [5.41, 5.74) is 1.01. The number of hydrogen-bond donors (Lipinski definition) is 0. The molecule has 0 radical (unpaired) electrons. The highest BCUT2D eigenvalue weighted by atomic mass is 32.2. The van der Waals surface area contributed by atoms with Gasteiger partial charge in [0.15, 0.2) is 21.8 Å². The lowest BCUT2D eigenvalue weighted by molar-refractivity contribution is 0.112. The average Bonchev–Trinajstić information content (AvgIpc) is 2.81. The molecule has 3 heterocycles. The maximum absolute atomic E-state index is 11.7. The number of aldehydes is 1. The van der Waals surface area contributed by atoms with E-state index < -0.39 is 9.84 Å². The van der Waals surface area contributed by atoms with Crippen LogP contribution in [-0.4, -0.2) is 40.8 Å². The van der Waals surface area contributed by atoms with Crippen LogP contribution in [0.1, 0.15) is 29.0 Å². The van der Waals surface area contributed by atoms with Gasteiger partial charge in [0.05, 0.1) is 17.1 Å². The molecule has 20 heavy (non-hydrogen) atoms. The van der Waals surface area contributed by atoms with Crippen LogP contribution >= 0.6 is 0 Å². The first-order chi connectivity index (χ1) is 9.59. The van der Waals surface area contributed by atoms with E-state index in [4.69, 9.17) is 0 Å². The van der Waals surface area contributed by atoms with Gasteiger partial charge in [-0.3, -0.25) is 9.20 Å². The zero-order chi connectivity index (χ0) is 14.2. The summed E-state index contributed by atoms with van der Waals surface area (Å²) in [6, 6.07) is 3.45. The molecule has 0 bridgehead atoms. The molecule has 7 heteroatoms. The smallest absolute Gasteiger partial charge is 0.171 e. The fourth-order valence-corrected chi connectivity index (χ4v) is 4.53. The topological polar surface area (TPSA) is 81.4 Å². The van der Waals surface area contributed by atoms with Gasteiger partial charge in [-0.1, -0.05) is 0 Å². The Balaban J connectivity index is 1.90. The van der Waals surface area contributed by atoms with Crippen molar-refractivity contribution in [2.75, 3.05) is 11.5 Å². The second kappa shape index (κ2) is 4.97. The molecular formula is C13H15N3O3S. The van der Waals surface area contributed by atoms with Crippen molar-refractivity contribution in [2.24, 2.45) is 5.92 Å². The zero-order valence-corrected chi connectivity index (χ0v) is 11.7. The van der Waals surface area contributed by atoms with Crippen molar-refractivity contribution in [3.8, 4) is 0 Å². The molecule has 1 saturated heterocycles. The van der Waals surface area contributed by atoms with Crippen molar-refractivity contribution in [1.29, 1.82) is 0 Å². The largest absolute Gasteiger partial charge is 0.298 e. The van der Waals surface area contributed by atoms with Gasteiger partial charge in [-0.15, -0.1) is 10.2 Å². The van der Waals surface area contributed by atoms with Crippen LogP contribution in [0.25, 0.3) is 5.65 Å². The van der Waals surface area contributed by atoms with Crippen LogP contribution < -0.4 is 0 Å². The number of rotatable bonds is 3. The van der Waals surface area contributed by atoms with Gasteiger partial charge in [-0.25, -0.2) is 8.42 Å². The number of carbonyl (C=O) groups is 1. The molecule has 1 unspecified atom stereocenters. The van der Waals surface area contributed by atoms with Crippen molar-refractivity contribution in [3.05, 3.63) is 29.7 Å². The van der Waals surface area contributed by atoms with Gasteiger partial charge >= 0.3 is 0 Å². The zero-order valence-electron chi connectivity index (χ0n) is 10.9. The van der Waals surface area contributed by atoms with E-state index in [0.717, 1.165) is 12.7 Å². The Hall–Kier alpha value is -1.76. The number of nitrogens with zero attached hydrogens (tertiary/aromatic N) is 3. The lowest BCUT2D eigenvalue weighted by atomic mass is 10.0. The molecule has 0 spiro atoms. The van der Waals surface area contributed by atoms with Crippen molar-refractivity contribution in [1.82, 2.24) is 14.6 Å². The van der Waals surface area contributed by atoms with E-state index in [1.807, 2.05) is 0 Å².